The maximum atomic E-state index is 12.8. The van der Waals surface area contributed by atoms with Crippen molar-refractivity contribution in [1.29, 1.82) is 0 Å². The molecule has 1 saturated heterocycles. The van der Waals surface area contributed by atoms with Crippen molar-refractivity contribution >= 4 is 10.8 Å². The summed E-state index contributed by atoms with van der Waals surface area (Å²) in [6, 6.07) is 18.7. The van der Waals surface area contributed by atoms with Crippen molar-refractivity contribution in [2.45, 2.75) is 39.3 Å². The summed E-state index contributed by atoms with van der Waals surface area (Å²) in [7, 11) is 0. The van der Waals surface area contributed by atoms with Gasteiger partial charge in [0.05, 0.1) is 5.69 Å². The van der Waals surface area contributed by atoms with Gasteiger partial charge in [-0.05, 0) is 61.5 Å². The van der Waals surface area contributed by atoms with Crippen molar-refractivity contribution < 1.29 is 0 Å². The van der Waals surface area contributed by atoms with Gasteiger partial charge in [-0.25, -0.2) is 0 Å². The second kappa shape index (κ2) is 7.46. The molecule has 0 saturated carbocycles. The fourth-order valence-electron chi connectivity index (χ4n) is 4.01. The molecule has 3 heteroatoms. The third-order valence-electron chi connectivity index (χ3n) is 5.44. The van der Waals surface area contributed by atoms with Crippen molar-refractivity contribution in [3.63, 3.8) is 0 Å². The summed E-state index contributed by atoms with van der Waals surface area (Å²) in [4.78, 5) is 15.4. The number of pyridine rings is 1. The molecule has 0 spiro atoms. The molecule has 1 fully saturated rings. The Hall–Kier alpha value is -2.39. The molecule has 0 amide bonds. The second-order valence-electron chi connectivity index (χ2n) is 7.20. The number of likely N-dealkylation sites (tertiary alicyclic amines) is 1. The van der Waals surface area contributed by atoms with Crippen LogP contribution in [0.1, 0.15) is 31.7 Å². The van der Waals surface area contributed by atoms with E-state index in [4.69, 9.17) is 0 Å². The lowest BCUT2D eigenvalue weighted by atomic mass is 10.0. The van der Waals surface area contributed by atoms with Gasteiger partial charge in [0.1, 0.15) is 0 Å². The lowest BCUT2D eigenvalue weighted by Gasteiger charge is -2.26. The number of piperidine rings is 1. The fourth-order valence-corrected chi connectivity index (χ4v) is 4.01. The lowest BCUT2D eigenvalue weighted by molar-refractivity contribution is 0.221. The molecule has 3 aromatic rings. The van der Waals surface area contributed by atoms with Crippen LogP contribution >= 0.6 is 0 Å². The van der Waals surface area contributed by atoms with Gasteiger partial charge in [0.15, 0.2) is 0 Å². The Morgan fingerprint density at radius 1 is 0.923 bits per heavy atom. The van der Waals surface area contributed by atoms with Gasteiger partial charge in [-0.3, -0.25) is 9.69 Å². The number of hydrogen-bond acceptors (Lipinski definition) is 2. The van der Waals surface area contributed by atoms with Crippen LogP contribution in [0.25, 0.3) is 22.0 Å². The van der Waals surface area contributed by atoms with E-state index in [9.17, 15) is 4.79 Å². The van der Waals surface area contributed by atoms with Crippen molar-refractivity contribution in [1.82, 2.24) is 9.47 Å². The van der Waals surface area contributed by atoms with E-state index in [1.807, 2.05) is 35.8 Å². The van der Waals surface area contributed by atoms with Gasteiger partial charge in [-0.1, -0.05) is 48.9 Å². The maximum absolute atomic E-state index is 12.8. The van der Waals surface area contributed by atoms with Crippen molar-refractivity contribution in [2.75, 3.05) is 13.1 Å². The number of rotatable bonds is 4. The largest absolute Gasteiger partial charge is 0.308 e. The minimum Gasteiger partial charge on any atom is -0.308 e. The molecule has 2 heterocycles. The van der Waals surface area contributed by atoms with E-state index in [2.05, 4.69) is 35.2 Å². The summed E-state index contributed by atoms with van der Waals surface area (Å²) in [6.07, 6.45) is 4.00. The van der Waals surface area contributed by atoms with Crippen LogP contribution in [0.4, 0.5) is 0 Å². The first-order valence-electron chi connectivity index (χ1n) is 9.70. The van der Waals surface area contributed by atoms with Gasteiger partial charge < -0.3 is 4.57 Å². The van der Waals surface area contributed by atoms with Crippen LogP contribution in [0.5, 0.6) is 0 Å². The van der Waals surface area contributed by atoms with Crippen LogP contribution in [0.2, 0.25) is 0 Å². The highest BCUT2D eigenvalue weighted by Gasteiger charge is 2.12. The summed E-state index contributed by atoms with van der Waals surface area (Å²) in [5.41, 5.74) is 3.55. The highest BCUT2D eigenvalue weighted by molar-refractivity contribution is 5.85. The molecule has 1 aromatic heterocycles. The Labute approximate surface area is 154 Å². The molecule has 4 rings (SSSR count). The molecular weight excluding hydrogens is 320 g/mol. The third-order valence-corrected chi connectivity index (χ3v) is 5.44. The van der Waals surface area contributed by atoms with E-state index in [0.29, 0.717) is 6.54 Å². The number of benzene rings is 2. The highest BCUT2D eigenvalue weighted by atomic mass is 16.1. The van der Waals surface area contributed by atoms with Crippen LogP contribution in [-0.4, -0.2) is 22.6 Å². The molecule has 1 aliphatic heterocycles. The smallest absolute Gasteiger partial charge is 0.258 e. The number of aromatic nitrogens is 1. The molecule has 0 aliphatic carbocycles. The molecule has 0 atom stereocenters. The average Bonchev–Trinajstić information content (AvgIpc) is 2.69. The van der Waals surface area contributed by atoms with Crippen LogP contribution in [0.15, 0.2) is 59.4 Å². The molecule has 26 heavy (non-hydrogen) atoms. The molecule has 134 valence electrons. The predicted molar refractivity (Wildman–Crippen MR) is 108 cm³/mol. The summed E-state index contributed by atoms with van der Waals surface area (Å²) in [5, 5.41) is 1.80. The first kappa shape index (κ1) is 17.0. The first-order valence-corrected chi connectivity index (χ1v) is 9.70. The molecular formula is C23H26N2O. The van der Waals surface area contributed by atoms with Gasteiger partial charge >= 0.3 is 0 Å². The Morgan fingerprint density at radius 3 is 2.38 bits per heavy atom. The molecule has 0 unspecified atom stereocenters. The summed E-state index contributed by atoms with van der Waals surface area (Å²) >= 11 is 0. The Morgan fingerprint density at radius 2 is 1.65 bits per heavy atom. The van der Waals surface area contributed by atoms with Gasteiger partial charge in [-0.15, -0.1) is 0 Å². The Bertz CT molecular complexity index is 950. The zero-order chi connectivity index (χ0) is 17.9. The average molecular weight is 346 g/mol. The Balaban J connectivity index is 1.67. The second-order valence-corrected chi connectivity index (χ2v) is 7.20. The third kappa shape index (κ3) is 3.32. The number of hydrogen-bond donors (Lipinski definition) is 0. The molecule has 2 aromatic carbocycles. The van der Waals surface area contributed by atoms with E-state index >= 15 is 0 Å². The number of fused-ring (bicyclic) bond motifs is 1. The number of nitrogens with zero attached hydrogens (tertiary/aromatic N) is 2. The van der Waals surface area contributed by atoms with Crippen LogP contribution in [0, 0.1) is 0 Å². The zero-order valence-corrected chi connectivity index (χ0v) is 15.4. The van der Waals surface area contributed by atoms with Gasteiger partial charge in [-0.2, -0.15) is 0 Å². The molecule has 1 aliphatic rings. The predicted octanol–water partition coefficient (Wildman–Crippen LogP) is 4.67. The quantitative estimate of drug-likeness (QED) is 0.686. The van der Waals surface area contributed by atoms with Gasteiger partial charge in [0, 0.05) is 18.5 Å². The van der Waals surface area contributed by atoms with Gasteiger partial charge in [0.25, 0.3) is 5.56 Å². The highest BCUT2D eigenvalue weighted by Crippen LogP contribution is 2.23. The molecule has 3 nitrogen and oxygen atoms in total. The molecule has 0 N–H and O–H groups in total. The fraction of sp³-hybridized carbons (Fsp3) is 0.348. The molecule has 0 bridgehead atoms. The summed E-state index contributed by atoms with van der Waals surface area (Å²) in [6.45, 7) is 6.15. The normalized spacial score (nSPS) is 15.4. The standard InChI is InChI=1S/C23H26N2O/c1-2-25-22(16-20-8-4-5-9-21(20)23(25)26)19-12-10-18(11-13-19)17-24-14-6-3-7-15-24/h4-5,8-13,16H,2-3,6-7,14-15,17H2,1H3. The van der Waals surface area contributed by atoms with E-state index < -0.39 is 0 Å². The van der Waals surface area contributed by atoms with E-state index in [0.717, 1.165) is 28.6 Å². The van der Waals surface area contributed by atoms with E-state index in [1.54, 1.807) is 0 Å². The van der Waals surface area contributed by atoms with E-state index in [1.165, 1.54) is 37.9 Å². The molecule has 0 radical (unpaired) electrons. The minimum atomic E-state index is 0.0954. The maximum Gasteiger partial charge on any atom is 0.258 e. The first-order chi connectivity index (χ1) is 12.8. The van der Waals surface area contributed by atoms with Crippen molar-refractivity contribution in [3.05, 3.63) is 70.5 Å². The van der Waals surface area contributed by atoms with Gasteiger partial charge in [0.2, 0.25) is 0 Å². The van der Waals surface area contributed by atoms with Crippen molar-refractivity contribution in [2.24, 2.45) is 0 Å². The minimum absolute atomic E-state index is 0.0954. The summed E-state index contributed by atoms with van der Waals surface area (Å²) in [5.74, 6) is 0. The SMILES string of the molecule is CCn1c(-c2ccc(CN3CCCCC3)cc2)cc2ccccc2c1=O. The zero-order valence-electron chi connectivity index (χ0n) is 15.4. The summed E-state index contributed by atoms with van der Waals surface area (Å²) < 4.78 is 1.88. The van der Waals surface area contributed by atoms with Crippen LogP contribution in [0.3, 0.4) is 0 Å². The van der Waals surface area contributed by atoms with Crippen LogP contribution < -0.4 is 5.56 Å². The topological polar surface area (TPSA) is 25.2 Å². The van der Waals surface area contributed by atoms with Crippen LogP contribution in [-0.2, 0) is 13.1 Å². The van der Waals surface area contributed by atoms with Crippen molar-refractivity contribution in [3.8, 4) is 11.3 Å². The Kier molecular flexibility index (Phi) is 4.89. The lowest BCUT2D eigenvalue weighted by Crippen LogP contribution is -2.29. The van der Waals surface area contributed by atoms with E-state index in [-0.39, 0.29) is 5.56 Å². The monoisotopic (exact) mass is 346 g/mol.